The molecule has 0 saturated heterocycles. The van der Waals surface area contributed by atoms with Crippen LogP contribution in [0.15, 0.2) is 83.8 Å². The maximum Gasteiger partial charge on any atom is 0.243 e. The van der Waals surface area contributed by atoms with Crippen LogP contribution in [0.4, 0.5) is 0 Å². The van der Waals surface area contributed by atoms with Gasteiger partial charge in [0.15, 0.2) is 0 Å². The fourth-order valence-corrected chi connectivity index (χ4v) is 5.41. The lowest BCUT2D eigenvalue weighted by Crippen LogP contribution is -2.56. The third-order valence-corrected chi connectivity index (χ3v) is 8.15. The number of nitrogens with one attached hydrogen (secondary N) is 1. The molecule has 208 valence electrons. The fourth-order valence-electron chi connectivity index (χ4n) is 4.17. The van der Waals surface area contributed by atoms with Crippen molar-refractivity contribution < 1.29 is 18.0 Å². The van der Waals surface area contributed by atoms with Gasteiger partial charge < -0.3 is 10.2 Å². The highest BCUT2D eigenvalue weighted by molar-refractivity contribution is 7.89. The number of hydrogen-bond donors (Lipinski definition) is 1. The molecule has 39 heavy (non-hydrogen) atoms. The number of carbonyl (C=O) groups is 2. The van der Waals surface area contributed by atoms with Crippen LogP contribution >= 0.6 is 11.6 Å². The molecule has 0 bridgehead atoms. The van der Waals surface area contributed by atoms with Gasteiger partial charge in [-0.2, -0.15) is 4.31 Å². The lowest BCUT2D eigenvalue weighted by molar-refractivity contribution is -0.141. The molecule has 7 nitrogen and oxygen atoms in total. The van der Waals surface area contributed by atoms with Crippen molar-refractivity contribution in [3.05, 3.63) is 101 Å². The molecule has 9 heteroatoms. The molecule has 0 aliphatic heterocycles. The summed E-state index contributed by atoms with van der Waals surface area (Å²) in [4.78, 5) is 29.1. The number of benzene rings is 3. The number of aryl methyl sites for hydroxylation is 1. The van der Waals surface area contributed by atoms with E-state index in [0.29, 0.717) is 5.02 Å². The molecule has 0 fully saturated rings. The number of carbonyl (C=O) groups excluding carboxylic acids is 2. The molecular weight excluding hydrogens is 534 g/mol. The zero-order chi connectivity index (χ0) is 28.8. The minimum absolute atomic E-state index is 0.0266. The van der Waals surface area contributed by atoms with Gasteiger partial charge in [-0.05, 0) is 63.1 Å². The average molecular weight is 570 g/mol. The third-order valence-electron chi connectivity index (χ3n) is 6.08. The lowest BCUT2D eigenvalue weighted by atomic mass is 10.0. The highest BCUT2D eigenvalue weighted by Crippen LogP contribution is 2.20. The van der Waals surface area contributed by atoms with Crippen molar-refractivity contribution in [2.24, 2.45) is 0 Å². The molecule has 0 aliphatic rings. The standard InChI is InChI=1S/C30H36ClN3O4S/c1-22-10-9-13-24(18-22)20-34(27(29(36)32-30(2,3)4)19-23-11-7-6-8-12-23)28(35)21-33(5)39(37,38)26-16-14-25(31)15-17-26/h6-18,27H,19-21H2,1-5H3,(H,32,36)/t27-/m0/s1. The Kier molecular flexibility index (Phi) is 9.93. The monoisotopic (exact) mass is 569 g/mol. The highest BCUT2D eigenvalue weighted by Gasteiger charge is 2.34. The Hall–Kier alpha value is -3.20. The van der Waals surface area contributed by atoms with Crippen LogP contribution in [0.5, 0.6) is 0 Å². The molecular formula is C30H36ClN3O4S. The van der Waals surface area contributed by atoms with Crippen LogP contribution in [0.3, 0.4) is 0 Å². The zero-order valence-corrected chi connectivity index (χ0v) is 24.6. The predicted octanol–water partition coefficient (Wildman–Crippen LogP) is 4.82. The minimum Gasteiger partial charge on any atom is -0.350 e. The number of hydrogen-bond acceptors (Lipinski definition) is 4. The summed E-state index contributed by atoms with van der Waals surface area (Å²) in [6.07, 6.45) is 0.272. The summed E-state index contributed by atoms with van der Waals surface area (Å²) in [6.45, 7) is 7.29. The van der Waals surface area contributed by atoms with Gasteiger partial charge in [0.05, 0.1) is 11.4 Å². The summed E-state index contributed by atoms with van der Waals surface area (Å²) < 4.78 is 27.4. The van der Waals surface area contributed by atoms with Crippen molar-refractivity contribution in [2.45, 2.75) is 57.1 Å². The number of sulfonamides is 1. The Morgan fingerprint density at radius 3 is 2.13 bits per heavy atom. The molecule has 3 aromatic carbocycles. The summed E-state index contributed by atoms with van der Waals surface area (Å²) in [6, 6.07) is 22.1. The van der Waals surface area contributed by atoms with Gasteiger partial charge in [-0.25, -0.2) is 8.42 Å². The quantitative estimate of drug-likeness (QED) is 0.379. The summed E-state index contributed by atoms with van der Waals surface area (Å²) in [5.41, 5.74) is 2.21. The summed E-state index contributed by atoms with van der Waals surface area (Å²) in [7, 11) is -2.62. The third kappa shape index (κ3) is 8.65. The first-order valence-electron chi connectivity index (χ1n) is 12.7. The Morgan fingerprint density at radius 1 is 0.923 bits per heavy atom. The number of amides is 2. The summed E-state index contributed by atoms with van der Waals surface area (Å²) in [5, 5.41) is 3.42. The molecule has 0 heterocycles. The molecule has 3 aromatic rings. The van der Waals surface area contributed by atoms with E-state index in [9.17, 15) is 18.0 Å². The maximum atomic E-state index is 13.9. The van der Waals surface area contributed by atoms with Crippen molar-refractivity contribution in [2.75, 3.05) is 13.6 Å². The van der Waals surface area contributed by atoms with Crippen LogP contribution in [-0.2, 0) is 32.6 Å². The van der Waals surface area contributed by atoms with Crippen LogP contribution in [0.1, 0.15) is 37.5 Å². The van der Waals surface area contributed by atoms with Crippen molar-refractivity contribution in [1.82, 2.24) is 14.5 Å². The fraction of sp³-hybridized carbons (Fsp3) is 0.333. The van der Waals surface area contributed by atoms with Crippen LogP contribution in [-0.4, -0.2) is 54.6 Å². The molecule has 1 N–H and O–H groups in total. The van der Waals surface area contributed by atoms with Gasteiger partial charge in [-0.1, -0.05) is 71.8 Å². The first kappa shape index (κ1) is 30.3. The number of halogens is 1. The van der Waals surface area contributed by atoms with Gasteiger partial charge in [0.1, 0.15) is 6.04 Å². The van der Waals surface area contributed by atoms with Gasteiger partial charge in [-0.3, -0.25) is 9.59 Å². The SMILES string of the molecule is Cc1cccc(CN(C(=O)CN(C)S(=O)(=O)c2ccc(Cl)cc2)[C@@H](Cc2ccccc2)C(=O)NC(C)(C)C)c1. The second kappa shape index (κ2) is 12.8. The molecule has 3 rings (SSSR count). The highest BCUT2D eigenvalue weighted by atomic mass is 35.5. The van der Waals surface area contributed by atoms with Crippen molar-refractivity contribution in [1.29, 1.82) is 0 Å². The summed E-state index contributed by atoms with van der Waals surface area (Å²) >= 11 is 5.92. The lowest BCUT2D eigenvalue weighted by Gasteiger charge is -2.34. The average Bonchev–Trinajstić information content (AvgIpc) is 2.86. The van der Waals surface area contributed by atoms with Gasteiger partial charge in [0, 0.05) is 30.6 Å². The first-order valence-corrected chi connectivity index (χ1v) is 14.5. The Balaban J connectivity index is 1.99. The van der Waals surface area contributed by atoms with E-state index < -0.39 is 34.1 Å². The second-order valence-electron chi connectivity index (χ2n) is 10.7. The Bertz CT molecular complexity index is 1390. The van der Waals surface area contributed by atoms with Crippen molar-refractivity contribution in [3.8, 4) is 0 Å². The molecule has 1 atom stereocenters. The van der Waals surface area contributed by atoms with E-state index in [0.717, 1.165) is 21.0 Å². The first-order chi connectivity index (χ1) is 18.3. The van der Waals surface area contributed by atoms with E-state index in [-0.39, 0.29) is 23.8 Å². The zero-order valence-electron chi connectivity index (χ0n) is 23.0. The number of nitrogens with zero attached hydrogens (tertiary/aromatic N) is 2. The molecule has 0 spiro atoms. The van der Waals surface area contributed by atoms with E-state index in [4.69, 9.17) is 11.6 Å². The van der Waals surface area contributed by atoms with Crippen molar-refractivity contribution in [3.63, 3.8) is 0 Å². The van der Waals surface area contributed by atoms with Gasteiger partial charge in [-0.15, -0.1) is 0 Å². The molecule has 2 amide bonds. The van der Waals surface area contributed by atoms with Gasteiger partial charge in [0.25, 0.3) is 0 Å². The van der Waals surface area contributed by atoms with Crippen LogP contribution < -0.4 is 5.32 Å². The normalized spacial score (nSPS) is 12.7. The maximum absolute atomic E-state index is 13.9. The number of likely N-dealkylation sites (N-methyl/N-ethyl adjacent to an activating group) is 1. The van der Waals surface area contributed by atoms with Crippen LogP contribution in [0.25, 0.3) is 0 Å². The van der Waals surface area contributed by atoms with E-state index >= 15 is 0 Å². The molecule has 0 radical (unpaired) electrons. The Labute approximate surface area is 236 Å². The topological polar surface area (TPSA) is 86.8 Å². The smallest absolute Gasteiger partial charge is 0.243 e. The largest absolute Gasteiger partial charge is 0.350 e. The van der Waals surface area contributed by atoms with Gasteiger partial charge >= 0.3 is 0 Å². The number of rotatable bonds is 10. The van der Waals surface area contributed by atoms with E-state index in [1.807, 2.05) is 82.3 Å². The second-order valence-corrected chi connectivity index (χ2v) is 13.2. The molecule has 0 aliphatic carbocycles. The minimum atomic E-state index is -3.97. The molecule has 0 aromatic heterocycles. The van der Waals surface area contributed by atoms with Gasteiger partial charge in [0.2, 0.25) is 21.8 Å². The Morgan fingerprint density at radius 2 is 1.54 bits per heavy atom. The molecule has 0 unspecified atom stereocenters. The van der Waals surface area contributed by atoms with E-state index in [1.54, 1.807) is 0 Å². The predicted molar refractivity (Wildman–Crippen MR) is 155 cm³/mol. The van der Waals surface area contributed by atoms with Crippen LogP contribution in [0.2, 0.25) is 5.02 Å². The van der Waals surface area contributed by atoms with E-state index in [2.05, 4.69) is 5.32 Å². The summed E-state index contributed by atoms with van der Waals surface area (Å²) in [5.74, 6) is -0.794. The molecule has 0 saturated carbocycles. The van der Waals surface area contributed by atoms with Crippen molar-refractivity contribution >= 4 is 33.4 Å². The van der Waals surface area contributed by atoms with Crippen LogP contribution in [0, 0.1) is 6.92 Å². The van der Waals surface area contributed by atoms with E-state index in [1.165, 1.54) is 36.2 Å².